The highest BCUT2D eigenvalue weighted by molar-refractivity contribution is 5.99. The number of ketones is 1. The fourth-order valence-electron chi connectivity index (χ4n) is 9.21. The van der Waals surface area contributed by atoms with Gasteiger partial charge in [0.2, 0.25) is 0 Å². The second-order valence-corrected chi connectivity index (χ2v) is 16.4. The summed E-state index contributed by atoms with van der Waals surface area (Å²) < 4.78 is 48.1. The lowest BCUT2D eigenvalue weighted by Gasteiger charge is -2.46. The zero-order valence-electron chi connectivity index (χ0n) is 32.7. The molecule has 0 unspecified atom stereocenters. The summed E-state index contributed by atoms with van der Waals surface area (Å²) in [4.78, 5) is 30.2. The van der Waals surface area contributed by atoms with Crippen LogP contribution in [-0.4, -0.2) is 58.6 Å². The van der Waals surface area contributed by atoms with Gasteiger partial charge in [-0.25, -0.2) is 4.79 Å². The number of allylic oxidation sites excluding steroid dienone is 2. The molecule has 0 heterocycles. The predicted molar refractivity (Wildman–Crippen MR) is 210 cm³/mol. The van der Waals surface area contributed by atoms with Gasteiger partial charge in [-0.1, -0.05) is 62.1 Å². The number of ether oxygens (including phenoxy) is 2. The molecule has 4 aliphatic rings. The average molecular weight is 777 g/mol. The van der Waals surface area contributed by atoms with Crippen molar-refractivity contribution in [2.24, 2.45) is 11.3 Å². The molecule has 2 amide bonds. The van der Waals surface area contributed by atoms with Gasteiger partial charge in [0.25, 0.3) is 0 Å². The van der Waals surface area contributed by atoms with Crippen molar-refractivity contribution < 1.29 is 42.4 Å². The average Bonchev–Trinajstić information content (AvgIpc) is 3.42. The molecule has 0 aliphatic heterocycles. The number of nitrogens with one attached hydrogen (secondary N) is 1. The van der Waals surface area contributed by atoms with Crippen molar-refractivity contribution in [3.05, 3.63) is 101 Å². The molecular formula is C45H55F3N2O6. The molecule has 2 fully saturated rings. The van der Waals surface area contributed by atoms with Crippen molar-refractivity contribution in [1.29, 1.82) is 0 Å². The molecule has 0 radical (unpaired) electrons. The summed E-state index contributed by atoms with van der Waals surface area (Å²) in [6, 6.07) is 17.8. The van der Waals surface area contributed by atoms with E-state index in [4.69, 9.17) is 4.74 Å². The first-order valence-electron chi connectivity index (χ1n) is 19.9. The maximum atomic E-state index is 14.4. The van der Waals surface area contributed by atoms with Crippen molar-refractivity contribution in [2.75, 3.05) is 19.0 Å². The minimum atomic E-state index is -4.84. The number of anilines is 1. The SMILES string of the molecule is COc1ccc(NC(=O)N(Cc2ccc(OC(F)(F)F)cc2)C[C@]2(O)CC[C@H]3c4ccc(cc4C(=O)C4CCCCC4)C[C@@H](O)CCC(C)=CCC[C@@]32C)cc1. The molecule has 2 bridgehead atoms. The van der Waals surface area contributed by atoms with Gasteiger partial charge in [-0.2, -0.15) is 0 Å². The second kappa shape index (κ2) is 17.4. The number of nitrogens with zero attached hydrogens (tertiary/aromatic N) is 1. The van der Waals surface area contributed by atoms with Crippen LogP contribution in [0.15, 0.2) is 78.4 Å². The number of Topliss-reactive ketones (excluding diaryl/α,β-unsaturated/α-hetero) is 1. The second-order valence-electron chi connectivity index (χ2n) is 16.4. The minimum Gasteiger partial charge on any atom is -0.497 e. The fourth-order valence-corrected chi connectivity index (χ4v) is 9.21. The monoisotopic (exact) mass is 776 g/mol. The number of carbonyl (C=O) groups is 2. The van der Waals surface area contributed by atoms with Gasteiger partial charge in [0.05, 0.1) is 25.4 Å². The Balaban J connectivity index is 1.38. The molecule has 302 valence electrons. The smallest absolute Gasteiger partial charge is 0.497 e. The number of benzene rings is 3. The van der Waals surface area contributed by atoms with E-state index in [1.807, 2.05) is 18.2 Å². The molecule has 8 nitrogen and oxygen atoms in total. The Morgan fingerprint density at radius 2 is 1.62 bits per heavy atom. The lowest BCUT2D eigenvalue weighted by Crippen LogP contribution is -2.54. The predicted octanol–water partition coefficient (Wildman–Crippen LogP) is 10.1. The molecule has 4 atom stereocenters. The molecule has 7 rings (SSSR count). The first kappa shape index (κ1) is 41.3. The molecule has 3 N–H and O–H groups in total. The van der Waals surface area contributed by atoms with Gasteiger partial charge in [-0.3, -0.25) is 4.79 Å². The third-order valence-electron chi connectivity index (χ3n) is 12.5. The number of fused-ring (bicyclic) bond motifs is 8. The number of aliphatic hydroxyl groups is 2. The molecule has 11 heteroatoms. The van der Waals surface area contributed by atoms with E-state index < -0.39 is 29.5 Å². The van der Waals surface area contributed by atoms with Crippen LogP contribution in [0.5, 0.6) is 11.5 Å². The number of amides is 2. The van der Waals surface area contributed by atoms with Crippen LogP contribution in [0.3, 0.4) is 0 Å². The normalized spacial score (nSPS) is 24.8. The Hall–Kier alpha value is -4.35. The summed E-state index contributed by atoms with van der Waals surface area (Å²) in [5, 5.41) is 27.0. The molecule has 0 aromatic heterocycles. The Bertz CT molecular complexity index is 1860. The molecule has 3 aromatic rings. The van der Waals surface area contributed by atoms with Crippen LogP contribution in [0.4, 0.5) is 23.7 Å². The number of methoxy groups -OCH3 is 1. The standard InChI is InChI=1S/C45H55F3N2O6/c1-30-8-7-24-43(2)40(38-22-14-32(26-35(51)17-11-30)27-39(38)41(52)33-9-5-4-6-10-33)23-25-44(43,54)29-50(42(53)49-34-15-20-36(55-3)21-16-34)28-31-12-18-37(19-13-31)56-45(46,47)48/h8,12-16,18-22,27,33,35,40,51,54H,4-7,9-11,17,23-26,28-29H2,1-3H3,(H,49,53)/t35-,40-,43-,44+/m0/s1. The molecule has 4 aliphatic carbocycles. The van der Waals surface area contributed by atoms with E-state index in [9.17, 15) is 33.0 Å². The minimum absolute atomic E-state index is 0.00120. The number of rotatable bonds is 9. The highest BCUT2D eigenvalue weighted by atomic mass is 19.4. The van der Waals surface area contributed by atoms with E-state index in [-0.39, 0.29) is 36.5 Å². The summed E-state index contributed by atoms with van der Waals surface area (Å²) in [6.07, 6.45) is 5.60. The molecular weight excluding hydrogens is 721 g/mol. The van der Waals surface area contributed by atoms with Crippen molar-refractivity contribution in [3.8, 4) is 11.5 Å². The first-order valence-corrected chi connectivity index (χ1v) is 19.9. The van der Waals surface area contributed by atoms with Crippen LogP contribution >= 0.6 is 0 Å². The fraction of sp³-hybridized carbons (Fsp3) is 0.511. The summed E-state index contributed by atoms with van der Waals surface area (Å²) in [5.74, 6) is 0.0983. The van der Waals surface area contributed by atoms with E-state index in [1.54, 1.807) is 31.4 Å². The van der Waals surface area contributed by atoms with Crippen LogP contribution in [0, 0.1) is 11.3 Å². The molecule has 0 saturated heterocycles. The van der Waals surface area contributed by atoms with Gasteiger partial charge in [0, 0.05) is 29.1 Å². The van der Waals surface area contributed by atoms with Crippen LogP contribution < -0.4 is 14.8 Å². The van der Waals surface area contributed by atoms with Crippen LogP contribution in [0.1, 0.15) is 117 Å². The maximum Gasteiger partial charge on any atom is 0.573 e. The molecule has 2 saturated carbocycles. The van der Waals surface area contributed by atoms with E-state index in [2.05, 4.69) is 30.0 Å². The van der Waals surface area contributed by atoms with E-state index >= 15 is 0 Å². The Morgan fingerprint density at radius 1 is 0.929 bits per heavy atom. The quantitative estimate of drug-likeness (QED) is 0.148. The molecule has 56 heavy (non-hydrogen) atoms. The highest BCUT2D eigenvalue weighted by Crippen LogP contribution is 2.59. The third-order valence-corrected chi connectivity index (χ3v) is 12.5. The van der Waals surface area contributed by atoms with Crippen LogP contribution in [0.25, 0.3) is 0 Å². The van der Waals surface area contributed by atoms with Gasteiger partial charge in [0.15, 0.2) is 5.78 Å². The number of urea groups is 1. The highest BCUT2D eigenvalue weighted by Gasteiger charge is 2.57. The van der Waals surface area contributed by atoms with Gasteiger partial charge in [-0.05, 0) is 130 Å². The van der Waals surface area contributed by atoms with Crippen LogP contribution in [0.2, 0.25) is 0 Å². The van der Waals surface area contributed by atoms with Crippen molar-refractivity contribution in [3.63, 3.8) is 0 Å². The van der Waals surface area contributed by atoms with Crippen molar-refractivity contribution in [1.82, 2.24) is 4.90 Å². The molecule has 3 aromatic carbocycles. The summed E-state index contributed by atoms with van der Waals surface area (Å²) in [7, 11) is 1.55. The van der Waals surface area contributed by atoms with Crippen molar-refractivity contribution >= 4 is 17.5 Å². The Morgan fingerprint density at radius 3 is 2.30 bits per heavy atom. The summed E-state index contributed by atoms with van der Waals surface area (Å²) in [5.41, 5.74) is 2.52. The van der Waals surface area contributed by atoms with Gasteiger partial charge >= 0.3 is 12.4 Å². The zero-order chi connectivity index (χ0) is 40.1. The first-order chi connectivity index (χ1) is 26.7. The number of hydrogen-bond donors (Lipinski definition) is 3. The topological polar surface area (TPSA) is 108 Å². The van der Waals surface area contributed by atoms with Gasteiger partial charge < -0.3 is 29.9 Å². The number of alkyl halides is 3. The molecule has 0 spiro atoms. The third kappa shape index (κ3) is 9.77. The summed E-state index contributed by atoms with van der Waals surface area (Å²) in [6.45, 7) is 4.07. The Kier molecular flexibility index (Phi) is 12.8. The zero-order valence-corrected chi connectivity index (χ0v) is 32.7. The number of hydrogen-bond acceptors (Lipinski definition) is 6. The largest absolute Gasteiger partial charge is 0.573 e. The van der Waals surface area contributed by atoms with Gasteiger partial charge in [0.1, 0.15) is 11.5 Å². The maximum absolute atomic E-state index is 14.4. The van der Waals surface area contributed by atoms with E-state index in [0.29, 0.717) is 61.1 Å². The Labute approximate surface area is 328 Å². The summed E-state index contributed by atoms with van der Waals surface area (Å²) >= 11 is 0. The lowest BCUT2D eigenvalue weighted by atomic mass is 9.64. The van der Waals surface area contributed by atoms with Gasteiger partial charge in [-0.15, -0.1) is 13.2 Å². The van der Waals surface area contributed by atoms with E-state index in [1.165, 1.54) is 29.2 Å². The number of carbonyl (C=O) groups excluding carboxylic acids is 2. The lowest BCUT2D eigenvalue weighted by molar-refractivity contribution is -0.274. The van der Waals surface area contributed by atoms with E-state index in [0.717, 1.165) is 55.2 Å². The van der Waals surface area contributed by atoms with Crippen molar-refractivity contribution in [2.45, 2.75) is 121 Å². The number of aliphatic hydroxyl groups excluding tert-OH is 1. The number of halogens is 3. The van der Waals surface area contributed by atoms with Crippen LogP contribution in [-0.2, 0) is 13.0 Å².